The number of amides is 1. The summed E-state index contributed by atoms with van der Waals surface area (Å²) >= 11 is 6.28. The molecule has 8 heteroatoms. The minimum atomic E-state index is -0.279. The van der Waals surface area contributed by atoms with Crippen molar-refractivity contribution in [2.24, 2.45) is 5.92 Å². The second kappa shape index (κ2) is 9.06. The number of piperidine rings is 1. The van der Waals surface area contributed by atoms with Crippen molar-refractivity contribution < 1.29 is 9.18 Å². The summed E-state index contributed by atoms with van der Waals surface area (Å²) in [5, 5.41) is 8.29. The predicted octanol–water partition coefficient (Wildman–Crippen LogP) is 5.66. The van der Waals surface area contributed by atoms with Gasteiger partial charge >= 0.3 is 0 Å². The van der Waals surface area contributed by atoms with Gasteiger partial charge in [0, 0.05) is 42.4 Å². The van der Waals surface area contributed by atoms with Gasteiger partial charge in [-0.2, -0.15) is 9.61 Å². The van der Waals surface area contributed by atoms with Crippen molar-refractivity contribution in [2.45, 2.75) is 26.7 Å². The van der Waals surface area contributed by atoms with Crippen LogP contribution in [0.2, 0.25) is 5.02 Å². The van der Waals surface area contributed by atoms with Crippen LogP contribution in [0, 0.1) is 25.6 Å². The van der Waals surface area contributed by atoms with E-state index in [1.165, 1.54) is 12.1 Å². The minimum Gasteiger partial charge on any atom is -0.356 e. The molecule has 1 aliphatic heterocycles. The van der Waals surface area contributed by atoms with Crippen LogP contribution in [-0.2, 0) is 4.79 Å². The highest BCUT2D eigenvalue weighted by molar-refractivity contribution is 6.33. The lowest BCUT2D eigenvalue weighted by molar-refractivity contribution is -0.120. The molecule has 1 N–H and O–H groups in total. The van der Waals surface area contributed by atoms with Gasteiger partial charge in [-0.15, -0.1) is 0 Å². The van der Waals surface area contributed by atoms with Crippen molar-refractivity contribution in [3.63, 3.8) is 0 Å². The van der Waals surface area contributed by atoms with E-state index in [0.29, 0.717) is 10.7 Å². The van der Waals surface area contributed by atoms with E-state index in [1.807, 2.05) is 48.7 Å². The molecule has 0 aliphatic carbocycles. The van der Waals surface area contributed by atoms with Gasteiger partial charge in [0.05, 0.1) is 16.4 Å². The maximum atomic E-state index is 13.3. The molecule has 6 nitrogen and oxygen atoms in total. The Morgan fingerprint density at radius 1 is 1.06 bits per heavy atom. The van der Waals surface area contributed by atoms with Crippen molar-refractivity contribution in [1.82, 2.24) is 14.6 Å². The molecule has 0 bridgehead atoms. The monoisotopic (exact) mass is 477 g/mol. The fourth-order valence-corrected chi connectivity index (χ4v) is 4.68. The zero-order valence-electron chi connectivity index (χ0n) is 19.1. The Morgan fingerprint density at radius 3 is 2.50 bits per heavy atom. The van der Waals surface area contributed by atoms with Crippen LogP contribution in [0.4, 0.5) is 15.9 Å². The minimum absolute atomic E-state index is 0.000792. The number of aryl methyl sites for hydroxylation is 2. The first-order chi connectivity index (χ1) is 16.4. The standard InChI is InChI=1S/C26H25ClFN5O/c1-16-3-8-22(21(27)13-16)30-26(34)19-9-11-32(12-10-19)25-14-17(2)29-24-15-23(31-33(24)25)18-4-6-20(28)7-5-18/h3-8,13-15,19H,9-12H2,1-2H3,(H,30,34). The number of benzene rings is 2. The predicted molar refractivity (Wildman–Crippen MR) is 133 cm³/mol. The number of nitrogens with one attached hydrogen (secondary N) is 1. The van der Waals surface area contributed by atoms with Crippen LogP contribution in [0.5, 0.6) is 0 Å². The van der Waals surface area contributed by atoms with Gasteiger partial charge < -0.3 is 10.2 Å². The summed E-state index contributed by atoms with van der Waals surface area (Å²) in [5.41, 5.74) is 4.90. The zero-order valence-corrected chi connectivity index (χ0v) is 19.8. The van der Waals surface area contributed by atoms with Crippen molar-refractivity contribution in [3.8, 4) is 11.3 Å². The van der Waals surface area contributed by atoms with Crippen molar-refractivity contribution in [1.29, 1.82) is 0 Å². The number of anilines is 2. The molecule has 1 aliphatic rings. The molecule has 174 valence electrons. The van der Waals surface area contributed by atoms with E-state index >= 15 is 0 Å². The highest BCUT2D eigenvalue weighted by Gasteiger charge is 2.27. The SMILES string of the molecule is Cc1ccc(NC(=O)C2CCN(c3cc(C)nc4cc(-c5ccc(F)cc5)nn34)CC2)c(Cl)c1. The van der Waals surface area contributed by atoms with Crippen molar-refractivity contribution in [2.75, 3.05) is 23.3 Å². The summed E-state index contributed by atoms with van der Waals surface area (Å²) < 4.78 is 15.2. The van der Waals surface area contributed by atoms with Gasteiger partial charge in [-0.1, -0.05) is 17.7 Å². The fraction of sp³-hybridized carbons (Fsp3) is 0.269. The number of aromatic nitrogens is 3. The molecular formula is C26H25ClFN5O. The van der Waals surface area contributed by atoms with E-state index in [-0.39, 0.29) is 17.6 Å². The molecule has 4 aromatic rings. The van der Waals surface area contributed by atoms with Crippen LogP contribution in [-0.4, -0.2) is 33.6 Å². The third-order valence-electron chi connectivity index (χ3n) is 6.25. The first kappa shape index (κ1) is 22.3. The van der Waals surface area contributed by atoms with E-state index in [4.69, 9.17) is 16.7 Å². The van der Waals surface area contributed by atoms with E-state index in [9.17, 15) is 9.18 Å². The number of fused-ring (bicyclic) bond motifs is 1. The molecule has 2 aromatic carbocycles. The smallest absolute Gasteiger partial charge is 0.227 e. The molecule has 0 spiro atoms. The van der Waals surface area contributed by atoms with E-state index in [1.54, 1.807) is 12.1 Å². The van der Waals surface area contributed by atoms with Crippen LogP contribution in [0.15, 0.2) is 54.6 Å². The maximum absolute atomic E-state index is 13.3. The molecule has 2 aromatic heterocycles. The summed E-state index contributed by atoms with van der Waals surface area (Å²) in [7, 11) is 0. The average Bonchev–Trinajstić information content (AvgIpc) is 3.25. The quantitative estimate of drug-likeness (QED) is 0.412. The van der Waals surface area contributed by atoms with Crippen LogP contribution < -0.4 is 10.2 Å². The van der Waals surface area contributed by atoms with Crippen LogP contribution in [0.3, 0.4) is 0 Å². The Labute approximate surface area is 202 Å². The number of hydrogen-bond acceptors (Lipinski definition) is 4. The Bertz CT molecular complexity index is 1360. The molecule has 1 amide bonds. The largest absolute Gasteiger partial charge is 0.356 e. The van der Waals surface area contributed by atoms with Crippen LogP contribution in [0.25, 0.3) is 16.9 Å². The van der Waals surface area contributed by atoms with Gasteiger partial charge in [-0.25, -0.2) is 9.37 Å². The molecule has 1 saturated heterocycles. The molecule has 3 heterocycles. The zero-order chi connectivity index (χ0) is 23.8. The highest BCUT2D eigenvalue weighted by atomic mass is 35.5. The molecule has 0 saturated carbocycles. The topological polar surface area (TPSA) is 62.5 Å². The lowest BCUT2D eigenvalue weighted by atomic mass is 9.95. The Balaban J connectivity index is 1.33. The highest BCUT2D eigenvalue weighted by Crippen LogP contribution is 2.29. The van der Waals surface area contributed by atoms with E-state index in [2.05, 4.69) is 15.2 Å². The Morgan fingerprint density at radius 2 is 1.79 bits per heavy atom. The summed E-state index contributed by atoms with van der Waals surface area (Å²) in [6, 6.07) is 15.8. The van der Waals surface area contributed by atoms with Crippen molar-refractivity contribution >= 4 is 34.7 Å². The van der Waals surface area contributed by atoms with Gasteiger partial charge in [0.15, 0.2) is 5.65 Å². The van der Waals surface area contributed by atoms with Crippen LogP contribution >= 0.6 is 11.6 Å². The van der Waals surface area contributed by atoms with Gasteiger partial charge in [0.2, 0.25) is 5.91 Å². The molecule has 34 heavy (non-hydrogen) atoms. The summed E-state index contributed by atoms with van der Waals surface area (Å²) in [4.78, 5) is 19.7. The Kier molecular flexibility index (Phi) is 5.96. The summed E-state index contributed by atoms with van der Waals surface area (Å²) in [6.45, 7) is 5.38. The van der Waals surface area contributed by atoms with Gasteiger partial charge in [0.1, 0.15) is 11.6 Å². The number of nitrogens with zero attached hydrogens (tertiary/aromatic N) is 4. The lowest BCUT2D eigenvalue weighted by Gasteiger charge is -2.33. The van der Waals surface area contributed by atoms with E-state index in [0.717, 1.165) is 59.9 Å². The molecule has 0 radical (unpaired) electrons. The lowest BCUT2D eigenvalue weighted by Crippen LogP contribution is -2.39. The van der Waals surface area contributed by atoms with Gasteiger partial charge in [-0.3, -0.25) is 4.79 Å². The normalized spacial score (nSPS) is 14.5. The molecule has 1 fully saturated rings. The Hall–Kier alpha value is -3.45. The number of rotatable bonds is 4. The molecular weight excluding hydrogens is 453 g/mol. The summed E-state index contributed by atoms with van der Waals surface area (Å²) in [6.07, 6.45) is 1.45. The van der Waals surface area contributed by atoms with Gasteiger partial charge in [0.25, 0.3) is 0 Å². The fourth-order valence-electron chi connectivity index (χ4n) is 4.39. The molecule has 0 unspecified atom stereocenters. The summed E-state index contributed by atoms with van der Waals surface area (Å²) in [5.74, 6) is 0.577. The maximum Gasteiger partial charge on any atom is 0.227 e. The van der Waals surface area contributed by atoms with E-state index < -0.39 is 0 Å². The number of carbonyl (C=O) groups excluding carboxylic acids is 1. The van der Waals surface area contributed by atoms with Gasteiger partial charge in [-0.05, 0) is 68.7 Å². The third-order valence-corrected chi connectivity index (χ3v) is 6.56. The number of carbonyl (C=O) groups is 1. The number of hydrogen-bond donors (Lipinski definition) is 1. The first-order valence-corrected chi connectivity index (χ1v) is 11.7. The number of halogens is 2. The third kappa shape index (κ3) is 4.48. The van der Waals surface area contributed by atoms with Crippen molar-refractivity contribution in [3.05, 3.63) is 76.7 Å². The second-order valence-corrected chi connectivity index (χ2v) is 9.20. The molecule has 5 rings (SSSR count). The second-order valence-electron chi connectivity index (χ2n) is 8.80. The first-order valence-electron chi connectivity index (χ1n) is 11.3. The molecule has 0 atom stereocenters. The average molecular weight is 478 g/mol. The van der Waals surface area contributed by atoms with Crippen LogP contribution in [0.1, 0.15) is 24.1 Å².